The Morgan fingerprint density at radius 3 is 2.75 bits per heavy atom. The second-order valence-electron chi connectivity index (χ2n) is 4.06. The summed E-state index contributed by atoms with van der Waals surface area (Å²) < 4.78 is 1.86. The quantitative estimate of drug-likeness (QED) is 0.820. The van der Waals surface area contributed by atoms with Crippen LogP contribution >= 0.6 is 0 Å². The van der Waals surface area contributed by atoms with Crippen molar-refractivity contribution in [2.75, 3.05) is 10.7 Å². The molecule has 1 aliphatic carbocycles. The van der Waals surface area contributed by atoms with Crippen LogP contribution in [0.25, 0.3) is 0 Å². The minimum Gasteiger partial charge on any atom is -0.366 e. The number of para-hydroxylation sites is 1. The Morgan fingerprint density at radius 1 is 1.19 bits per heavy atom. The number of hydrogen-bond acceptors (Lipinski definition) is 3. The summed E-state index contributed by atoms with van der Waals surface area (Å²) in [5.74, 6) is 0.936. The highest BCUT2D eigenvalue weighted by atomic mass is 15.4. The molecular formula is C12H14N4. The van der Waals surface area contributed by atoms with E-state index in [1.54, 1.807) is 6.33 Å². The van der Waals surface area contributed by atoms with Gasteiger partial charge in [0.05, 0.1) is 11.9 Å². The van der Waals surface area contributed by atoms with Crippen molar-refractivity contribution in [3.63, 3.8) is 0 Å². The zero-order valence-corrected chi connectivity index (χ0v) is 8.93. The molecule has 1 aromatic heterocycles. The van der Waals surface area contributed by atoms with Gasteiger partial charge in [-0.25, -0.2) is 9.66 Å². The Bertz CT molecular complexity index is 459. The summed E-state index contributed by atoms with van der Waals surface area (Å²) >= 11 is 0. The normalized spacial score (nSPS) is 14.8. The Kier molecular flexibility index (Phi) is 2.25. The number of hydrogen-bond donors (Lipinski definition) is 2. The highest BCUT2D eigenvalue weighted by Crippen LogP contribution is 2.23. The fourth-order valence-corrected chi connectivity index (χ4v) is 1.56. The van der Waals surface area contributed by atoms with Crippen molar-refractivity contribution in [2.45, 2.75) is 18.9 Å². The lowest BCUT2D eigenvalue weighted by Crippen LogP contribution is -2.06. The lowest BCUT2D eigenvalue weighted by molar-refractivity contribution is 0.955. The van der Waals surface area contributed by atoms with Gasteiger partial charge in [-0.3, -0.25) is 5.43 Å². The summed E-state index contributed by atoms with van der Waals surface area (Å²) in [5, 5.41) is 3.35. The lowest BCUT2D eigenvalue weighted by Gasteiger charge is -2.05. The summed E-state index contributed by atoms with van der Waals surface area (Å²) in [7, 11) is 0. The first-order chi connectivity index (χ1) is 7.90. The molecule has 3 rings (SSSR count). The van der Waals surface area contributed by atoms with E-state index in [4.69, 9.17) is 0 Å². The van der Waals surface area contributed by atoms with Crippen molar-refractivity contribution >= 4 is 11.5 Å². The Hall–Kier alpha value is -1.97. The van der Waals surface area contributed by atoms with Crippen LogP contribution in [0.5, 0.6) is 0 Å². The summed E-state index contributed by atoms with van der Waals surface area (Å²) in [5.41, 5.74) is 4.29. The van der Waals surface area contributed by atoms with Gasteiger partial charge in [0.25, 0.3) is 0 Å². The molecule has 1 aromatic carbocycles. The van der Waals surface area contributed by atoms with Crippen molar-refractivity contribution < 1.29 is 0 Å². The highest BCUT2D eigenvalue weighted by molar-refractivity contribution is 5.43. The molecule has 0 bridgehead atoms. The molecule has 2 N–H and O–H groups in total. The molecule has 1 fully saturated rings. The highest BCUT2D eigenvalue weighted by Gasteiger charge is 2.21. The first-order valence-corrected chi connectivity index (χ1v) is 5.53. The van der Waals surface area contributed by atoms with Crippen molar-refractivity contribution in [1.29, 1.82) is 0 Å². The number of anilines is 2. The first-order valence-electron chi connectivity index (χ1n) is 5.53. The van der Waals surface area contributed by atoms with Crippen molar-refractivity contribution in [3.8, 4) is 0 Å². The van der Waals surface area contributed by atoms with Gasteiger partial charge in [-0.15, -0.1) is 0 Å². The van der Waals surface area contributed by atoms with Gasteiger partial charge in [0.1, 0.15) is 12.1 Å². The van der Waals surface area contributed by atoms with Gasteiger partial charge in [0.15, 0.2) is 0 Å². The number of nitrogens with zero attached hydrogens (tertiary/aromatic N) is 2. The molecule has 0 radical (unpaired) electrons. The summed E-state index contributed by atoms with van der Waals surface area (Å²) in [6.45, 7) is 0. The average Bonchev–Trinajstić information content (AvgIpc) is 3.01. The lowest BCUT2D eigenvalue weighted by atomic mass is 10.3. The van der Waals surface area contributed by atoms with Crippen LogP contribution in [-0.2, 0) is 0 Å². The first kappa shape index (κ1) is 9.27. The predicted octanol–water partition coefficient (Wildman–Crippen LogP) is 2.33. The maximum Gasteiger partial charge on any atom is 0.146 e. The van der Waals surface area contributed by atoms with Gasteiger partial charge < -0.3 is 5.32 Å². The van der Waals surface area contributed by atoms with Crippen LogP contribution in [0.4, 0.5) is 11.5 Å². The summed E-state index contributed by atoms with van der Waals surface area (Å²) in [6.07, 6.45) is 6.26. The molecule has 1 saturated carbocycles. The number of nitrogens with one attached hydrogen (secondary N) is 2. The topological polar surface area (TPSA) is 41.9 Å². The number of imidazole rings is 1. The third-order valence-electron chi connectivity index (χ3n) is 2.54. The molecule has 0 spiro atoms. The molecule has 82 valence electrons. The van der Waals surface area contributed by atoms with E-state index >= 15 is 0 Å². The minimum absolute atomic E-state index is 0.639. The van der Waals surface area contributed by atoms with Crippen molar-refractivity contribution in [3.05, 3.63) is 42.9 Å². The van der Waals surface area contributed by atoms with Gasteiger partial charge >= 0.3 is 0 Å². The molecule has 4 nitrogen and oxygen atoms in total. The maximum atomic E-state index is 4.28. The molecule has 4 heteroatoms. The molecule has 16 heavy (non-hydrogen) atoms. The van der Waals surface area contributed by atoms with E-state index in [1.807, 2.05) is 41.2 Å². The van der Waals surface area contributed by atoms with E-state index in [0.29, 0.717) is 6.04 Å². The van der Waals surface area contributed by atoms with Gasteiger partial charge in [0, 0.05) is 6.04 Å². The predicted molar refractivity (Wildman–Crippen MR) is 64.3 cm³/mol. The number of benzene rings is 1. The van der Waals surface area contributed by atoms with E-state index in [9.17, 15) is 0 Å². The van der Waals surface area contributed by atoms with E-state index < -0.39 is 0 Å². The smallest absolute Gasteiger partial charge is 0.146 e. The average molecular weight is 214 g/mol. The second kappa shape index (κ2) is 3.89. The van der Waals surface area contributed by atoms with Gasteiger partial charge in [-0.1, -0.05) is 18.2 Å². The number of rotatable bonds is 4. The van der Waals surface area contributed by atoms with Crippen LogP contribution in [0.2, 0.25) is 0 Å². The minimum atomic E-state index is 0.639. The fraction of sp³-hybridized carbons (Fsp3) is 0.250. The second-order valence-corrected chi connectivity index (χ2v) is 4.06. The van der Waals surface area contributed by atoms with Crippen LogP contribution in [0.3, 0.4) is 0 Å². The van der Waals surface area contributed by atoms with Gasteiger partial charge in [-0.05, 0) is 25.0 Å². The summed E-state index contributed by atoms with van der Waals surface area (Å²) in [4.78, 5) is 4.28. The van der Waals surface area contributed by atoms with Crippen LogP contribution in [0, 0.1) is 0 Å². The van der Waals surface area contributed by atoms with Crippen LogP contribution in [-0.4, -0.2) is 15.7 Å². The van der Waals surface area contributed by atoms with E-state index in [0.717, 1.165) is 11.5 Å². The Balaban J connectivity index is 1.67. The molecule has 0 saturated heterocycles. The fourth-order valence-electron chi connectivity index (χ4n) is 1.56. The zero-order valence-electron chi connectivity index (χ0n) is 8.93. The third kappa shape index (κ3) is 2.16. The van der Waals surface area contributed by atoms with Crippen LogP contribution in [0.15, 0.2) is 42.9 Å². The van der Waals surface area contributed by atoms with Crippen LogP contribution in [0.1, 0.15) is 12.8 Å². The largest absolute Gasteiger partial charge is 0.366 e. The molecule has 0 amide bonds. The van der Waals surface area contributed by atoms with E-state index in [2.05, 4.69) is 15.7 Å². The zero-order chi connectivity index (χ0) is 10.8. The van der Waals surface area contributed by atoms with Gasteiger partial charge in [-0.2, -0.15) is 0 Å². The Labute approximate surface area is 94.3 Å². The maximum absolute atomic E-state index is 4.28. The summed E-state index contributed by atoms with van der Waals surface area (Å²) in [6, 6.07) is 10.7. The molecule has 0 unspecified atom stereocenters. The van der Waals surface area contributed by atoms with Crippen molar-refractivity contribution in [1.82, 2.24) is 9.66 Å². The third-order valence-corrected chi connectivity index (χ3v) is 2.54. The Morgan fingerprint density at radius 2 is 2.00 bits per heavy atom. The van der Waals surface area contributed by atoms with Crippen molar-refractivity contribution in [2.24, 2.45) is 0 Å². The molecule has 0 aliphatic heterocycles. The molecule has 0 atom stereocenters. The van der Waals surface area contributed by atoms with E-state index in [-0.39, 0.29) is 0 Å². The SMILES string of the molecule is c1ccc(Nn2cnc(NC3CC3)c2)cc1. The number of aromatic nitrogens is 2. The molecule has 2 aromatic rings. The van der Waals surface area contributed by atoms with Crippen LogP contribution < -0.4 is 10.7 Å². The molecule has 1 heterocycles. The molecular weight excluding hydrogens is 200 g/mol. The monoisotopic (exact) mass is 214 g/mol. The molecule has 1 aliphatic rings. The van der Waals surface area contributed by atoms with E-state index in [1.165, 1.54) is 12.8 Å². The van der Waals surface area contributed by atoms with Gasteiger partial charge in [0.2, 0.25) is 0 Å². The standard InChI is InChI=1S/C12H14N4/c1-2-4-11(5-3-1)15-16-8-12(13-9-16)14-10-6-7-10/h1-5,8-10,14-15H,6-7H2.